The molecule has 8 heteroatoms. The molecule has 1 amide bonds. The van der Waals surface area contributed by atoms with Gasteiger partial charge in [-0.25, -0.2) is 0 Å². The molecule has 0 saturated carbocycles. The highest BCUT2D eigenvalue weighted by Crippen LogP contribution is 2.42. The van der Waals surface area contributed by atoms with Gasteiger partial charge in [0.05, 0.1) is 30.2 Å². The lowest BCUT2D eigenvalue weighted by Gasteiger charge is -2.28. The number of aliphatic hydroxyl groups excluding tert-OH is 1. The first-order valence-corrected chi connectivity index (χ1v) is 12.2. The third-order valence-electron chi connectivity index (χ3n) is 5.86. The van der Waals surface area contributed by atoms with Crippen LogP contribution in [-0.4, -0.2) is 66.5 Å². The maximum atomic E-state index is 13.3. The van der Waals surface area contributed by atoms with Crippen LogP contribution in [0.25, 0.3) is 0 Å². The third-order valence-corrected chi connectivity index (χ3v) is 6.73. The number of carbonyl (C=O) groups is 2. The highest BCUT2D eigenvalue weighted by molar-refractivity contribution is 7.12. The second kappa shape index (κ2) is 11.3. The van der Waals surface area contributed by atoms with Crippen molar-refractivity contribution >= 4 is 23.0 Å². The van der Waals surface area contributed by atoms with E-state index in [0.29, 0.717) is 35.1 Å². The fourth-order valence-electron chi connectivity index (χ4n) is 4.14. The zero-order valence-corrected chi connectivity index (χ0v) is 20.5. The number of thiophene rings is 1. The number of hydrogen-bond donors (Lipinski definition) is 1. The Hall–Kier alpha value is -2.84. The maximum absolute atomic E-state index is 13.3. The molecular formula is C25H32N2O5S. The van der Waals surface area contributed by atoms with Gasteiger partial charge in [-0.2, -0.15) is 0 Å². The van der Waals surface area contributed by atoms with E-state index >= 15 is 0 Å². The van der Waals surface area contributed by atoms with Crippen LogP contribution in [0.4, 0.5) is 0 Å². The highest BCUT2D eigenvalue weighted by atomic mass is 32.1. The molecule has 0 aliphatic carbocycles. The fourth-order valence-corrected chi connectivity index (χ4v) is 4.81. The summed E-state index contributed by atoms with van der Waals surface area (Å²) in [7, 11) is 1.55. The molecule has 0 saturated heterocycles. The molecule has 3 rings (SSSR count). The Morgan fingerprint density at radius 3 is 2.55 bits per heavy atom. The van der Waals surface area contributed by atoms with Crippen molar-refractivity contribution in [2.24, 2.45) is 0 Å². The van der Waals surface area contributed by atoms with Crippen LogP contribution in [0.3, 0.4) is 0 Å². The molecule has 2 aromatic rings. The molecule has 33 heavy (non-hydrogen) atoms. The number of rotatable bonds is 12. The number of nitrogens with zero attached hydrogens (tertiary/aromatic N) is 2. The quantitative estimate of drug-likeness (QED) is 0.459. The van der Waals surface area contributed by atoms with Crippen molar-refractivity contribution in [3.05, 3.63) is 57.5 Å². The summed E-state index contributed by atoms with van der Waals surface area (Å²) in [5.74, 6) is -0.235. The van der Waals surface area contributed by atoms with E-state index in [-0.39, 0.29) is 11.4 Å². The van der Waals surface area contributed by atoms with E-state index < -0.39 is 17.7 Å². The number of carbonyl (C=O) groups excluding carboxylic acids is 2. The standard InChI is InChI=1S/C25H32N2O5S/c1-5-26(6-2)13-9-14-27-22(17-11-12-18(32-7-3)19(16-17)31-4)21(24(29)25(27)30)23(28)20-10-8-15-33-20/h8,10-12,15-16,22,29H,5-7,9,13-14H2,1-4H3/t22-/m0/s1. The van der Waals surface area contributed by atoms with Gasteiger partial charge in [-0.05, 0) is 62.1 Å². The zero-order chi connectivity index (χ0) is 24.0. The second-order valence-electron chi connectivity index (χ2n) is 7.69. The van der Waals surface area contributed by atoms with Gasteiger partial charge in [-0.3, -0.25) is 9.59 Å². The summed E-state index contributed by atoms with van der Waals surface area (Å²) < 4.78 is 11.1. The van der Waals surface area contributed by atoms with Gasteiger partial charge in [0.1, 0.15) is 0 Å². The van der Waals surface area contributed by atoms with E-state index in [0.717, 1.165) is 26.1 Å². The molecule has 2 heterocycles. The number of hydrogen-bond acceptors (Lipinski definition) is 7. The zero-order valence-electron chi connectivity index (χ0n) is 19.7. The summed E-state index contributed by atoms with van der Waals surface area (Å²) in [5.41, 5.74) is 0.798. The van der Waals surface area contributed by atoms with Crippen LogP contribution in [0.2, 0.25) is 0 Å². The van der Waals surface area contributed by atoms with E-state index in [1.165, 1.54) is 11.3 Å². The number of ether oxygens (including phenoxy) is 2. The van der Waals surface area contributed by atoms with Gasteiger partial charge in [0.25, 0.3) is 5.91 Å². The van der Waals surface area contributed by atoms with Gasteiger partial charge in [0.2, 0.25) is 5.78 Å². The van der Waals surface area contributed by atoms with Crippen LogP contribution in [0.15, 0.2) is 47.0 Å². The second-order valence-corrected chi connectivity index (χ2v) is 8.64. The van der Waals surface area contributed by atoms with Crippen LogP contribution >= 0.6 is 11.3 Å². The van der Waals surface area contributed by atoms with Crippen molar-refractivity contribution in [1.82, 2.24) is 9.80 Å². The molecule has 1 aliphatic rings. The summed E-state index contributed by atoms with van der Waals surface area (Å²) in [4.78, 5) is 30.8. The number of methoxy groups -OCH3 is 1. The Morgan fingerprint density at radius 2 is 1.94 bits per heavy atom. The van der Waals surface area contributed by atoms with E-state index in [1.54, 1.807) is 41.7 Å². The number of benzene rings is 1. The molecule has 0 unspecified atom stereocenters. The molecule has 7 nitrogen and oxygen atoms in total. The Bertz CT molecular complexity index is 998. The van der Waals surface area contributed by atoms with Crippen molar-refractivity contribution in [2.75, 3.05) is 39.9 Å². The smallest absolute Gasteiger partial charge is 0.290 e. The monoisotopic (exact) mass is 472 g/mol. The minimum atomic E-state index is -0.701. The van der Waals surface area contributed by atoms with E-state index in [9.17, 15) is 14.7 Å². The molecule has 0 bridgehead atoms. The van der Waals surface area contributed by atoms with Crippen molar-refractivity contribution in [1.29, 1.82) is 0 Å². The molecule has 0 spiro atoms. The van der Waals surface area contributed by atoms with Crippen LogP contribution in [0, 0.1) is 0 Å². The number of amides is 1. The first-order valence-electron chi connectivity index (χ1n) is 11.3. The van der Waals surface area contributed by atoms with Crippen LogP contribution in [0.1, 0.15) is 48.5 Å². The van der Waals surface area contributed by atoms with Crippen molar-refractivity contribution in [3.8, 4) is 11.5 Å². The topological polar surface area (TPSA) is 79.3 Å². The molecule has 0 radical (unpaired) electrons. The molecule has 1 N–H and O–H groups in total. The summed E-state index contributed by atoms with van der Waals surface area (Å²) in [6.07, 6.45) is 0.728. The molecule has 1 aliphatic heterocycles. The Labute approximate surface area is 199 Å². The lowest BCUT2D eigenvalue weighted by molar-refractivity contribution is -0.129. The predicted octanol–water partition coefficient (Wildman–Crippen LogP) is 4.47. The third kappa shape index (κ3) is 5.23. The summed E-state index contributed by atoms with van der Waals surface area (Å²) in [6, 6.07) is 8.16. The highest BCUT2D eigenvalue weighted by Gasteiger charge is 2.44. The molecule has 0 fully saturated rings. The molecule has 1 atom stereocenters. The van der Waals surface area contributed by atoms with E-state index in [2.05, 4.69) is 18.7 Å². The van der Waals surface area contributed by atoms with Crippen molar-refractivity contribution < 1.29 is 24.2 Å². The lowest BCUT2D eigenvalue weighted by Crippen LogP contribution is -2.34. The van der Waals surface area contributed by atoms with Gasteiger partial charge < -0.3 is 24.4 Å². The molecular weight excluding hydrogens is 440 g/mol. The SMILES string of the molecule is CCOc1ccc([C@H]2C(C(=O)c3cccs3)=C(O)C(=O)N2CCCN(CC)CC)cc1OC. The first-order chi connectivity index (χ1) is 16.0. The maximum Gasteiger partial charge on any atom is 0.290 e. The van der Waals surface area contributed by atoms with Gasteiger partial charge in [-0.1, -0.05) is 26.0 Å². The Morgan fingerprint density at radius 1 is 1.18 bits per heavy atom. The van der Waals surface area contributed by atoms with Crippen LogP contribution < -0.4 is 9.47 Å². The predicted molar refractivity (Wildman–Crippen MR) is 129 cm³/mol. The fraction of sp³-hybridized carbons (Fsp3) is 0.440. The van der Waals surface area contributed by atoms with E-state index in [1.807, 2.05) is 13.0 Å². The summed E-state index contributed by atoms with van der Waals surface area (Å²) >= 11 is 1.29. The van der Waals surface area contributed by atoms with Crippen LogP contribution in [0.5, 0.6) is 11.5 Å². The summed E-state index contributed by atoms with van der Waals surface area (Å²) in [6.45, 7) is 9.67. The number of ketones is 1. The normalized spacial score (nSPS) is 16.1. The Kier molecular flexibility index (Phi) is 8.52. The minimum Gasteiger partial charge on any atom is -0.503 e. The van der Waals surface area contributed by atoms with Crippen molar-refractivity contribution in [2.45, 2.75) is 33.2 Å². The van der Waals surface area contributed by atoms with Crippen LogP contribution in [-0.2, 0) is 4.79 Å². The molecule has 178 valence electrons. The number of Topliss-reactive ketones (excluding diaryl/α,β-unsaturated/α-hetero) is 1. The largest absolute Gasteiger partial charge is 0.503 e. The van der Waals surface area contributed by atoms with Gasteiger partial charge >= 0.3 is 0 Å². The van der Waals surface area contributed by atoms with Gasteiger partial charge in [0.15, 0.2) is 17.3 Å². The van der Waals surface area contributed by atoms with Gasteiger partial charge in [-0.15, -0.1) is 11.3 Å². The minimum absolute atomic E-state index is 0.108. The average Bonchev–Trinajstić information content (AvgIpc) is 3.45. The molecule has 1 aromatic heterocycles. The van der Waals surface area contributed by atoms with Crippen molar-refractivity contribution in [3.63, 3.8) is 0 Å². The first kappa shape index (κ1) is 24.8. The molecule has 1 aromatic carbocycles. The number of aliphatic hydroxyl groups is 1. The Balaban J connectivity index is 2.00. The van der Waals surface area contributed by atoms with Gasteiger partial charge in [0, 0.05) is 6.54 Å². The summed E-state index contributed by atoms with van der Waals surface area (Å²) in [5, 5.41) is 12.6. The lowest BCUT2D eigenvalue weighted by atomic mass is 9.95. The average molecular weight is 473 g/mol. The van der Waals surface area contributed by atoms with E-state index in [4.69, 9.17) is 9.47 Å².